The predicted octanol–water partition coefficient (Wildman–Crippen LogP) is 7.75. The van der Waals surface area contributed by atoms with Crippen LogP contribution in [0.1, 0.15) is 98.2 Å². The number of benzene rings is 2. The first-order valence-corrected chi connectivity index (χ1v) is 19.6. The highest BCUT2D eigenvalue weighted by atomic mass is 19.1. The zero-order valence-corrected chi connectivity index (χ0v) is 33.0. The molecular formula is C43H48F2N8O5. The largest absolute Gasteiger partial charge is 0.393 e. The van der Waals surface area contributed by atoms with Crippen LogP contribution in [0.3, 0.4) is 0 Å². The molecule has 0 bridgehead atoms. The van der Waals surface area contributed by atoms with Gasteiger partial charge in [-0.15, -0.1) is 0 Å². The van der Waals surface area contributed by atoms with Crippen LogP contribution in [0.2, 0.25) is 0 Å². The smallest absolute Gasteiger partial charge is 0.256 e. The second kappa shape index (κ2) is 16.7. The van der Waals surface area contributed by atoms with Gasteiger partial charge in [0.15, 0.2) is 11.6 Å². The number of alkyl halides is 2. The van der Waals surface area contributed by atoms with Crippen LogP contribution >= 0.6 is 0 Å². The van der Waals surface area contributed by atoms with E-state index in [-0.39, 0.29) is 24.3 Å². The zero-order chi connectivity index (χ0) is 41.2. The predicted molar refractivity (Wildman–Crippen MR) is 214 cm³/mol. The summed E-state index contributed by atoms with van der Waals surface area (Å²) in [6.45, 7) is 9.35. The maximum Gasteiger partial charge on any atom is 0.256 e. The van der Waals surface area contributed by atoms with Crippen molar-refractivity contribution in [3.8, 4) is 0 Å². The van der Waals surface area contributed by atoms with E-state index in [1.165, 1.54) is 17.2 Å². The number of aliphatic hydroxyl groups excluding tert-OH is 1. The number of fused-ring (bicyclic) bond motifs is 2. The molecule has 2 aliphatic rings. The summed E-state index contributed by atoms with van der Waals surface area (Å²) in [5.74, 6) is -0.545. The Balaban J connectivity index is 0.000000177. The highest BCUT2D eigenvalue weighted by Gasteiger charge is 2.54. The standard InChI is InChI=1S/C22H25FN4O2.C21H23FN4O3/c1-4-22(5-2)14(3)18(23)19(29-22)16-11-12-17-20(24-13-25-27(16)17)26-21(28)15-9-7-6-8-10-15;1-3-21(11-27)13(2)17(22)18(29-21)15-9-10-16-19(23-12-24-26(15)16)25-20(28)14-7-5-4-6-8-14/h6-14,18-19H,4-5H2,1-3H3,(H,24,25,26,28);4-10,12-13,17-18,27H,3,11H2,1-2H3,(H,23,24,25,28)/t14-,18+,19-;13-,17+,18-,21-/m00/s1. The maximum absolute atomic E-state index is 15.2. The van der Waals surface area contributed by atoms with Crippen molar-refractivity contribution in [2.45, 2.75) is 89.6 Å². The third-order valence-corrected chi connectivity index (χ3v) is 12.1. The molecule has 0 unspecified atom stereocenters. The van der Waals surface area contributed by atoms with Gasteiger partial charge in [-0.2, -0.15) is 10.2 Å². The first-order valence-electron chi connectivity index (χ1n) is 19.6. The molecule has 4 aromatic heterocycles. The molecule has 0 aliphatic carbocycles. The molecule has 2 aliphatic heterocycles. The Hall–Kier alpha value is -5.64. The number of nitrogens with one attached hydrogen (secondary N) is 2. The summed E-state index contributed by atoms with van der Waals surface area (Å²) < 4.78 is 45.8. The van der Waals surface area contributed by atoms with Gasteiger partial charge in [-0.3, -0.25) is 9.59 Å². The van der Waals surface area contributed by atoms with E-state index in [1.54, 1.807) is 84.2 Å². The van der Waals surface area contributed by atoms with Crippen LogP contribution in [-0.4, -0.2) is 76.3 Å². The van der Waals surface area contributed by atoms with Crippen LogP contribution in [0, 0.1) is 11.8 Å². The highest BCUT2D eigenvalue weighted by molar-refractivity contribution is 6.06. The minimum Gasteiger partial charge on any atom is -0.393 e. The van der Waals surface area contributed by atoms with Crippen molar-refractivity contribution in [3.05, 3.63) is 120 Å². The molecular weight excluding hydrogens is 747 g/mol. The maximum atomic E-state index is 15.2. The summed E-state index contributed by atoms with van der Waals surface area (Å²) >= 11 is 0. The third-order valence-electron chi connectivity index (χ3n) is 12.1. The molecule has 7 atom stereocenters. The minimum absolute atomic E-state index is 0.216. The number of rotatable bonds is 10. The molecule has 0 radical (unpaired) electrons. The monoisotopic (exact) mass is 794 g/mol. The SMILES string of the molecule is CCC1(CC)O[C@@H](c2ccc3c(NC(=O)c4ccccc4)ncnn23)[C@H](F)[C@@H]1C.CC[C@@]1(CO)O[C@@H](c2ccc3c(NC(=O)c4ccccc4)ncnn23)[C@H](F)[C@@H]1C. The molecule has 2 fully saturated rings. The van der Waals surface area contributed by atoms with Gasteiger partial charge in [-0.25, -0.2) is 27.8 Å². The van der Waals surface area contributed by atoms with E-state index in [4.69, 9.17) is 9.47 Å². The summed E-state index contributed by atoms with van der Waals surface area (Å²) in [5.41, 5.74) is 1.90. The Labute approximate surface area is 334 Å². The fourth-order valence-corrected chi connectivity index (χ4v) is 8.23. The van der Waals surface area contributed by atoms with E-state index in [1.807, 2.05) is 39.8 Å². The number of hydrogen-bond acceptors (Lipinski definition) is 9. The Morgan fingerprint density at radius 2 is 1.05 bits per heavy atom. The average Bonchev–Trinajstić information content (AvgIpc) is 4.02. The van der Waals surface area contributed by atoms with Crippen molar-refractivity contribution in [1.82, 2.24) is 29.2 Å². The molecule has 6 heterocycles. The van der Waals surface area contributed by atoms with E-state index in [0.29, 0.717) is 51.6 Å². The summed E-state index contributed by atoms with van der Waals surface area (Å²) in [7, 11) is 0. The molecule has 6 aromatic rings. The van der Waals surface area contributed by atoms with E-state index < -0.39 is 41.7 Å². The topological polar surface area (TPSA) is 157 Å². The Morgan fingerprint density at radius 1 is 0.655 bits per heavy atom. The lowest BCUT2D eigenvalue weighted by Gasteiger charge is -2.30. The fraction of sp³-hybridized carbons (Fsp3) is 0.395. The van der Waals surface area contributed by atoms with Crippen LogP contribution in [0.5, 0.6) is 0 Å². The third kappa shape index (κ3) is 7.22. The molecule has 2 aromatic carbocycles. The number of ether oxygens (including phenoxy) is 2. The van der Waals surface area contributed by atoms with E-state index in [0.717, 1.165) is 12.8 Å². The van der Waals surface area contributed by atoms with Gasteiger partial charge in [0.1, 0.15) is 48.2 Å². The number of nitrogens with zero attached hydrogens (tertiary/aromatic N) is 6. The van der Waals surface area contributed by atoms with Crippen molar-refractivity contribution in [3.63, 3.8) is 0 Å². The highest BCUT2D eigenvalue weighted by Crippen LogP contribution is 2.50. The lowest BCUT2D eigenvalue weighted by atomic mass is 9.83. The summed E-state index contributed by atoms with van der Waals surface area (Å²) in [6, 6.07) is 24.7. The van der Waals surface area contributed by atoms with Gasteiger partial charge < -0.3 is 25.2 Å². The van der Waals surface area contributed by atoms with Crippen molar-refractivity contribution < 1.29 is 33.0 Å². The Morgan fingerprint density at radius 3 is 1.41 bits per heavy atom. The van der Waals surface area contributed by atoms with Gasteiger partial charge in [0.25, 0.3) is 11.8 Å². The van der Waals surface area contributed by atoms with Crippen LogP contribution in [0.25, 0.3) is 11.0 Å². The number of carbonyl (C=O) groups is 2. The van der Waals surface area contributed by atoms with Crippen molar-refractivity contribution in [2.24, 2.45) is 11.8 Å². The molecule has 304 valence electrons. The van der Waals surface area contributed by atoms with Crippen LogP contribution in [-0.2, 0) is 9.47 Å². The fourth-order valence-electron chi connectivity index (χ4n) is 8.23. The number of halogens is 2. The molecule has 0 saturated carbocycles. The van der Waals surface area contributed by atoms with Crippen LogP contribution in [0.4, 0.5) is 20.4 Å². The van der Waals surface area contributed by atoms with Gasteiger partial charge in [-0.1, -0.05) is 71.0 Å². The quantitative estimate of drug-likeness (QED) is 0.126. The first-order chi connectivity index (χ1) is 28.0. The number of amides is 2. The number of anilines is 2. The molecule has 13 nitrogen and oxygen atoms in total. The van der Waals surface area contributed by atoms with Gasteiger partial charge in [0.05, 0.1) is 29.2 Å². The molecule has 58 heavy (non-hydrogen) atoms. The molecule has 3 N–H and O–H groups in total. The van der Waals surface area contributed by atoms with E-state index in [2.05, 4.69) is 30.8 Å². The first kappa shape index (κ1) is 40.6. The van der Waals surface area contributed by atoms with Crippen molar-refractivity contribution in [1.29, 1.82) is 0 Å². The van der Waals surface area contributed by atoms with Crippen molar-refractivity contribution >= 4 is 34.5 Å². The van der Waals surface area contributed by atoms with Crippen LogP contribution in [0.15, 0.2) is 97.6 Å². The molecule has 2 amide bonds. The molecule has 15 heteroatoms. The lowest BCUT2D eigenvalue weighted by Crippen LogP contribution is -2.39. The summed E-state index contributed by atoms with van der Waals surface area (Å²) in [6.07, 6.45) is 0.654. The number of aromatic nitrogens is 6. The number of aliphatic hydroxyl groups is 1. The normalized spacial score (nSPS) is 25.0. The van der Waals surface area contributed by atoms with E-state index in [9.17, 15) is 14.7 Å². The van der Waals surface area contributed by atoms with E-state index >= 15 is 8.78 Å². The second-order valence-electron chi connectivity index (χ2n) is 14.9. The molecule has 0 spiro atoms. The van der Waals surface area contributed by atoms with Gasteiger partial charge in [0, 0.05) is 23.0 Å². The lowest BCUT2D eigenvalue weighted by molar-refractivity contribution is -0.0936. The summed E-state index contributed by atoms with van der Waals surface area (Å²) in [4.78, 5) is 33.4. The number of carbonyl (C=O) groups excluding carboxylic acids is 2. The van der Waals surface area contributed by atoms with Gasteiger partial charge in [-0.05, 0) is 67.8 Å². The Bertz CT molecular complexity index is 2200. The second-order valence-corrected chi connectivity index (χ2v) is 14.9. The van der Waals surface area contributed by atoms with Crippen LogP contribution < -0.4 is 10.6 Å². The molecule has 8 rings (SSSR count). The molecule has 2 saturated heterocycles. The minimum atomic E-state index is -1.29. The zero-order valence-electron chi connectivity index (χ0n) is 33.0. The average molecular weight is 795 g/mol. The Kier molecular flexibility index (Phi) is 11.7. The van der Waals surface area contributed by atoms with Gasteiger partial charge in [0.2, 0.25) is 0 Å². The van der Waals surface area contributed by atoms with Crippen molar-refractivity contribution in [2.75, 3.05) is 17.2 Å². The summed E-state index contributed by atoms with van der Waals surface area (Å²) in [5, 5.41) is 23.9. The number of hydrogen-bond donors (Lipinski definition) is 3. The van der Waals surface area contributed by atoms with Gasteiger partial charge >= 0.3 is 0 Å².